The molecule has 0 aromatic heterocycles. The van der Waals surface area contributed by atoms with E-state index in [0.717, 1.165) is 28.8 Å². The van der Waals surface area contributed by atoms with Gasteiger partial charge in [-0.05, 0) is 51.4 Å². The van der Waals surface area contributed by atoms with Crippen LogP contribution < -0.4 is 16.2 Å². The molecule has 8 unspecified atom stereocenters. The normalized spacial score (nSPS) is 30.2. The van der Waals surface area contributed by atoms with E-state index in [1.165, 1.54) is 27.7 Å². The zero-order valence-electron chi connectivity index (χ0n) is 34.1. The SMILES string of the molecule is CC(=O)OC(C)C(=O)NC1C(=O)N2NCCCC2C(=O)N(O)CC(=O)N2NCCCC2C(=O)N2CCC(C)(OC(C)=O)C2C(=O)N(O)C(C(C)C)C(=O)OC1C(C)C. The number of hydrogen-bond donors (Lipinski definition) is 5. The zero-order valence-corrected chi connectivity index (χ0v) is 34.1. The van der Waals surface area contributed by atoms with E-state index in [-0.39, 0.29) is 49.0 Å². The lowest BCUT2D eigenvalue weighted by Crippen LogP contribution is -2.67. The third kappa shape index (κ3) is 9.84. The van der Waals surface area contributed by atoms with Crippen molar-refractivity contribution >= 4 is 53.4 Å². The topological polar surface area (TPSA) is 274 Å². The maximum Gasteiger partial charge on any atom is 0.332 e. The van der Waals surface area contributed by atoms with Crippen molar-refractivity contribution in [3.63, 3.8) is 0 Å². The molecule has 6 amide bonds. The number of carbonyl (C=O) groups is 9. The van der Waals surface area contributed by atoms with Crippen LogP contribution in [0.25, 0.3) is 0 Å². The van der Waals surface area contributed by atoms with Crippen molar-refractivity contribution in [1.29, 1.82) is 0 Å². The lowest BCUT2D eigenvalue weighted by Gasteiger charge is -2.41. The van der Waals surface area contributed by atoms with Crippen molar-refractivity contribution in [1.82, 2.24) is 41.2 Å². The first-order valence-electron chi connectivity index (χ1n) is 19.4. The van der Waals surface area contributed by atoms with E-state index >= 15 is 0 Å². The number of cyclic esters (lactones) is 1. The Labute approximate surface area is 335 Å². The summed E-state index contributed by atoms with van der Waals surface area (Å²) in [6.07, 6.45) is -2.32. The van der Waals surface area contributed by atoms with Crippen LogP contribution in [0.15, 0.2) is 0 Å². The van der Waals surface area contributed by atoms with Gasteiger partial charge in [0.05, 0.1) is 0 Å². The van der Waals surface area contributed by atoms with Crippen molar-refractivity contribution < 1.29 is 67.8 Å². The molecule has 8 atom stereocenters. The molecule has 4 aliphatic rings. The second-order valence-corrected chi connectivity index (χ2v) is 15.8. The summed E-state index contributed by atoms with van der Waals surface area (Å²) >= 11 is 0. The Balaban J connectivity index is 1.90. The molecular formula is C36H56N8O14. The van der Waals surface area contributed by atoms with Crippen LogP contribution in [0.3, 0.4) is 0 Å². The third-order valence-electron chi connectivity index (χ3n) is 10.6. The van der Waals surface area contributed by atoms with Gasteiger partial charge in [-0.2, -0.15) is 0 Å². The number of carbonyl (C=O) groups excluding carboxylic acids is 9. The van der Waals surface area contributed by atoms with Gasteiger partial charge >= 0.3 is 17.9 Å². The van der Waals surface area contributed by atoms with Crippen LogP contribution in [0, 0.1) is 11.8 Å². The molecule has 0 bridgehead atoms. The van der Waals surface area contributed by atoms with E-state index in [1.807, 2.05) is 0 Å². The van der Waals surface area contributed by atoms with Crippen LogP contribution in [-0.4, -0.2) is 163 Å². The molecule has 0 aromatic carbocycles. The number of nitrogens with one attached hydrogen (secondary N) is 3. The number of hydrogen-bond acceptors (Lipinski definition) is 16. The van der Waals surface area contributed by atoms with Gasteiger partial charge in [-0.3, -0.25) is 58.8 Å². The molecule has 22 heteroatoms. The Morgan fingerprint density at radius 2 is 1.41 bits per heavy atom. The van der Waals surface area contributed by atoms with E-state index in [1.54, 1.807) is 13.8 Å². The van der Waals surface area contributed by atoms with Crippen LogP contribution in [-0.2, 0) is 57.4 Å². The minimum absolute atomic E-state index is 0.0169. The molecule has 0 spiro atoms. The fourth-order valence-corrected chi connectivity index (χ4v) is 7.80. The lowest BCUT2D eigenvalue weighted by molar-refractivity contribution is -0.206. The Morgan fingerprint density at radius 1 is 0.828 bits per heavy atom. The molecule has 4 rings (SSSR count). The monoisotopic (exact) mass is 824 g/mol. The average Bonchev–Trinajstić information content (AvgIpc) is 3.49. The summed E-state index contributed by atoms with van der Waals surface area (Å²) in [4.78, 5) is 124. The standard InChI is InChI=1S/C36H56N8O14/c1-18(2)27-35(53)57-28(19(3)4)26(39-30(48)20(5)56-21(6)45)33(51)43-24(12-10-15-38-43)32(50)41(54)17-25(47)42-23(11-9-14-37-42)31(49)40-16-13-36(8,58-22(7)46)29(40)34(52)44(27)55/h18-20,23-24,26-29,37-38,54-55H,9-17H2,1-8H3,(H,39,48). The highest BCUT2D eigenvalue weighted by Gasteiger charge is 2.57. The van der Waals surface area contributed by atoms with Gasteiger partial charge in [0.15, 0.2) is 18.2 Å². The van der Waals surface area contributed by atoms with Crippen LogP contribution >= 0.6 is 0 Å². The van der Waals surface area contributed by atoms with Crippen molar-refractivity contribution in [3.8, 4) is 0 Å². The number of hydroxylamine groups is 4. The number of rotatable bonds is 6. The second-order valence-electron chi connectivity index (χ2n) is 15.8. The van der Waals surface area contributed by atoms with E-state index in [9.17, 15) is 53.6 Å². The summed E-state index contributed by atoms with van der Waals surface area (Å²) in [6.45, 7) is 10.1. The Bertz CT molecular complexity index is 1640. The highest BCUT2D eigenvalue weighted by Crippen LogP contribution is 2.36. The highest BCUT2D eigenvalue weighted by atomic mass is 16.6. The summed E-state index contributed by atoms with van der Waals surface area (Å²) in [5, 5.41) is 27.2. The maximum absolute atomic E-state index is 14.6. The molecule has 0 aliphatic carbocycles. The van der Waals surface area contributed by atoms with E-state index < -0.39 is 120 Å². The van der Waals surface area contributed by atoms with Crippen molar-refractivity contribution in [2.24, 2.45) is 11.8 Å². The minimum Gasteiger partial charge on any atom is -0.458 e. The van der Waals surface area contributed by atoms with E-state index in [2.05, 4.69) is 16.2 Å². The number of amides is 6. The van der Waals surface area contributed by atoms with Gasteiger partial charge in [0.25, 0.3) is 29.5 Å². The smallest absolute Gasteiger partial charge is 0.332 e. The number of hydrazine groups is 2. The largest absolute Gasteiger partial charge is 0.458 e. The lowest BCUT2D eigenvalue weighted by atomic mass is 9.93. The van der Waals surface area contributed by atoms with Crippen molar-refractivity contribution in [2.45, 2.75) is 136 Å². The number of ether oxygens (including phenoxy) is 3. The minimum atomic E-state index is -1.81. The molecule has 0 radical (unpaired) electrons. The van der Waals surface area contributed by atoms with Crippen LogP contribution in [0.1, 0.15) is 87.5 Å². The van der Waals surface area contributed by atoms with Crippen LogP contribution in [0.5, 0.6) is 0 Å². The van der Waals surface area contributed by atoms with Gasteiger partial charge in [0, 0.05) is 39.9 Å². The highest BCUT2D eigenvalue weighted by molar-refractivity contribution is 5.97. The summed E-state index contributed by atoms with van der Waals surface area (Å²) < 4.78 is 16.5. The quantitative estimate of drug-likeness (QED) is 0.114. The fraction of sp³-hybridized carbons (Fsp3) is 0.750. The van der Waals surface area contributed by atoms with Gasteiger partial charge in [-0.25, -0.2) is 25.8 Å². The number of fused-ring (bicyclic) bond motifs is 3. The number of nitrogens with zero attached hydrogens (tertiary/aromatic N) is 5. The van der Waals surface area contributed by atoms with Crippen molar-refractivity contribution in [2.75, 3.05) is 26.2 Å². The molecule has 4 heterocycles. The van der Waals surface area contributed by atoms with Gasteiger partial charge in [-0.15, -0.1) is 0 Å². The van der Waals surface area contributed by atoms with Crippen LogP contribution in [0.4, 0.5) is 0 Å². The van der Waals surface area contributed by atoms with Gasteiger partial charge in [0.2, 0.25) is 5.91 Å². The molecule has 4 aliphatic heterocycles. The van der Waals surface area contributed by atoms with E-state index in [4.69, 9.17) is 14.2 Å². The predicted octanol–water partition coefficient (Wildman–Crippen LogP) is -1.62. The summed E-state index contributed by atoms with van der Waals surface area (Å²) in [7, 11) is 0. The Morgan fingerprint density at radius 3 is 1.97 bits per heavy atom. The average molecular weight is 825 g/mol. The van der Waals surface area contributed by atoms with Gasteiger partial charge < -0.3 is 24.4 Å². The molecule has 0 aromatic rings. The molecule has 4 saturated heterocycles. The van der Waals surface area contributed by atoms with Crippen molar-refractivity contribution in [3.05, 3.63) is 0 Å². The number of esters is 3. The molecule has 22 nitrogen and oxygen atoms in total. The molecular weight excluding hydrogens is 768 g/mol. The van der Waals surface area contributed by atoms with E-state index in [0.29, 0.717) is 12.8 Å². The molecule has 0 saturated carbocycles. The fourth-order valence-electron chi connectivity index (χ4n) is 7.80. The summed E-state index contributed by atoms with van der Waals surface area (Å²) in [5.41, 5.74) is 3.88. The Hall–Kier alpha value is -4.93. The Kier molecular flexibility index (Phi) is 14.8. The summed E-state index contributed by atoms with van der Waals surface area (Å²) in [6, 6.07) is -8.09. The predicted molar refractivity (Wildman–Crippen MR) is 195 cm³/mol. The summed E-state index contributed by atoms with van der Waals surface area (Å²) in [5.74, 6) is -10.6. The molecule has 5 N–H and O–H groups in total. The van der Waals surface area contributed by atoms with Gasteiger partial charge in [-0.1, -0.05) is 27.7 Å². The first-order valence-corrected chi connectivity index (χ1v) is 19.4. The maximum atomic E-state index is 14.6. The van der Waals surface area contributed by atoms with Gasteiger partial charge in [0.1, 0.15) is 36.4 Å². The van der Waals surface area contributed by atoms with Crippen LogP contribution in [0.2, 0.25) is 0 Å². The first kappa shape index (κ1) is 45.8. The third-order valence-corrected chi connectivity index (χ3v) is 10.6. The second kappa shape index (κ2) is 18.8. The zero-order chi connectivity index (χ0) is 43.4. The molecule has 58 heavy (non-hydrogen) atoms. The molecule has 324 valence electrons. The first-order chi connectivity index (χ1) is 27.1. The molecule has 4 fully saturated rings.